The lowest BCUT2D eigenvalue weighted by molar-refractivity contribution is -0.133. The van der Waals surface area contributed by atoms with Crippen molar-refractivity contribution in [3.63, 3.8) is 0 Å². The van der Waals surface area contributed by atoms with Crippen LogP contribution >= 0.6 is 23.4 Å². The van der Waals surface area contributed by atoms with Crippen LogP contribution in [0.4, 0.5) is 0 Å². The minimum Gasteiger partial charge on any atom is -0.506 e. The number of aromatic nitrogens is 3. The van der Waals surface area contributed by atoms with Gasteiger partial charge in [0.05, 0.1) is 10.8 Å². The SMILES string of the molecule is CCCn1c(SCC(=O)O)nnc1-c1ccc(O)c(Cl)c1. The van der Waals surface area contributed by atoms with Crippen LogP contribution in [0.2, 0.25) is 5.02 Å². The Balaban J connectivity index is 2.38. The number of carboxylic acids is 1. The fourth-order valence-electron chi connectivity index (χ4n) is 1.81. The van der Waals surface area contributed by atoms with Crippen molar-refractivity contribution in [1.82, 2.24) is 14.8 Å². The molecule has 2 N–H and O–H groups in total. The molecule has 0 bridgehead atoms. The van der Waals surface area contributed by atoms with Gasteiger partial charge >= 0.3 is 5.97 Å². The van der Waals surface area contributed by atoms with E-state index in [1.807, 2.05) is 11.5 Å². The molecule has 21 heavy (non-hydrogen) atoms. The molecule has 1 aromatic heterocycles. The fraction of sp³-hybridized carbons (Fsp3) is 0.308. The lowest BCUT2D eigenvalue weighted by Gasteiger charge is -2.08. The summed E-state index contributed by atoms with van der Waals surface area (Å²) in [7, 11) is 0. The van der Waals surface area contributed by atoms with Gasteiger partial charge in [0.1, 0.15) is 5.75 Å². The Hall–Kier alpha value is -1.73. The number of hydrogen-bond acceptors (Lipinski definition) is 5. The Morgan fingerprint density at radius 3 is 2.81 bits per heavy atom. The van der Waals surface area contributed by atoms with Crippen molar-refractivity contribution < 1.29 is 15.0 Å². The number of thioether (sulfide) groups is 1. The average molecular weight is 328 g/mol. The van der Waals surface area contributed by atoms with Crippen molar-refractivity contribution in [2.24, 2.45) is 0 Å². The number of phenols is 1. The molecular formula is C13H14ClN3O3S. The van der Waals surface area contributed by atoms with Crippen LogP contribution in [0.1, 0.15) is 13.3 Å². The second-order valence-corrected chi connectivity index (χ2v) is 5.66. The number of phenolic OH excluding ortho intramolecular Hbond substituents is 1. The number of carbonyl (C=O) groups is 1. The summed E-state index contributed by atoms with van der Waals surface area (Å²) in [5.74, 6) is -0.368. The van der Waals surface area contributed by atoms with Crippen LogP contribution in [-0.2, 0) is 11.3 Å². The zero-order chi connectivity index (χ0) is 15.4. The summed E-state index contributed by atoms with van der Waals surface area (Å²) in [6.07, 6.45) is 0.859. The third-order valence-electron chi connectivity index (χ3n) is 2.69. The van der Waals surface area contributed by atoms with E-state index in [9.17, 15) is 9.90 Å². The molecule has 0 saturated heterocycles. The molecule has 112 valence electrons. The normalized spacial score (nSPS) is 10.8. The van der Waals surface area contributed by atoms with Gasteiger partial charge in [0.25, 0.3) is 0 Å². The van der Waals surface area contributed by atoms with Gasteiger partial charge in [0.2, 0.25) is 0 Å². The number of carboxylic acid groups (broad SMARTS) is 1. The largest absolute Gasteiger partial charge is 0.506 e. The summed E-state index contributed by atoms with van der Waals surface area (Å²) >= 11 is 7.04. The molecule has 0 radical (unpaired) electrons. The van der Waals surface area contributed by atoms with Gasteiger partial charge < -0.3 is 14.8 Å². The minimum absolute atomic E-state index is 0.00227. The fourth-order valence-corrected chi connectivity index (χ4v) is 2.67. The number of halogens is 1. The highest BCUT2D eigenvalue weighted by atomic mass is 35.5. The summed E-state index contributed by atoms with van der Waals surface area (Å²) in [6.45, 7) is 2.68. The maximum Gasteiger partial charge on any atom is 0.313 e. The topological polar surface area (TPSA) is 88.2 Å². The molecule has 0 aliphatic heterocycles. The number of aromatic hydroxyl groups is 1. The molecule has 6 nitrogen and oxygen atoms in total. The highest BCUT2D eigenvalue weighted by Gasteiger charge is 2.15. The summed E-state index contributed by atoms with van der Waals surface area (Å²) in [4.78, 5) is 10.7. The second-order valence-electron chi connectivity index (χ2n) is 4.31. The van der Waals surface area contributed by atoms with Crippen LogP contribution < -0.4 is 0 Å². The molecule has 1 heterocycles. The van der Waals surface area contributed by atoms with E-state index in [1.54, 1.807) is 12.1 Å². The lowest BCUT2D eigenvalue weighted by Crippen LogP contribution is -2.04. The number of rotatable bonds is 6. The van der Waals surface area contributed by atoms with Crippen LogP contribution in [0.25, 0.3) is 11.4 Å². The zero-order valence-corrected chi connectivity index (χ0v) is 12.9. The minimum atomic E-state index is -0.903. The van der Waals surface area contributed by atoms with Crippen LogP contribution in [0.15, 0.2) is 23.4 Å². The van der Waals surface area contributed by atoms with Crippen molar-refractivity contribution in [2.45, 2.75) is 25.0 Å². The molecule has 0 unspecified atom stereocenters. The molecule has 2 rings (SSSR count). The van der Waals surface area contributed by atoms with E-state index in [-0.39, 0.29) is 16.5 Å². The number of nitrogens with zero attached hydrogens (tertiary/aromatic N) is 3. The third-order valence-corrected chi connectivity index (χ3v) is 3.95. The first-order valence-corrected chi connectivity index (χ1v) is 7.66. The summed E-state index contributed by atoms with van der Waals surface area (Å²) in [5.41, 5.74) is 0.723. The maximum atomic E-state index is 10.7. The zero-order valence-electron chi connectivity index (χ0n) is 11.3. The number of benzene rings is 1. The van der Waals surface area contributed by atoms with Crippen LogP contribution in [-0.4, -0.2) is 36.7 Å². The van der Waals surface area contributed by atoms with E-state index in [0.717, 1.165) is 23.7 Å². The average Bonchev–Trinajstić information content (AvgIpc) is 2.83. The van der Waals surface area contributed by atoms with Crippen molar-refractivity contribution in [3.8, 4) is 17.1 Å². The standard InChI is InChI=1S/C13H14ClN3O3S/c1-2-5-17-12(8-3-4-10(18)9(14)6-8)15-16-13(17)21-7-11(19)20/h3-4,6,18H,2,5,7H2,1H3,(H,19,20). The molecule has 0 atom stereocenters. The van der Waals surface area contributed by atoms with E-state index in [1.165, 1.54) is 6.07 Å². The Kier molecular flexibility index (Phi) is 5.08. The van der Waals surface area contributed by atoms with Gasteiger partial charge in [-0.25, -0.2) is 0 Å². The first kappa shape index (κ1) is 15.7. The Bertz CT molecular complexity index is 660. The van der Waals surface area contributed by atoms with Gasteiger partial charge in [-0.15, -0.1) is 10.2 Å². The van der Waals surface area contributed by atoms with Crippen LogP contribution in [0.3, 0.4) is 0 Å². The molecule has 8 heteroatoms. The lowest BCUT2D eigenvalue weighted by atomic mass is 10.2. The summed E-state index contributed by atoms with van der Waals surface area (Å²) in [6, 6.07) is 4.80. The van der Waals surface area contributed by atoms with E-state index >= 15 is 0 Å². The van der Waals surface area contributed by atoms with Crippen molar-refractivity contribution in [1.29, 1.82) is 0 Å². The highest BCUT2D eigenvalue weighted by molar-refractivity contribution is 7.99. The smallest absolute Gasteiger partial charge is 0.313 e. The molecule has 2 aromatic rings. The second kappa shape index (κ2) is 6.82. The van der Waals surface area contributed by atoms with E-state index in [0.29, 0.717) is 17.5 Å². The molecule has 1 aromatic carbocycles. The molecule has 0 fully saturated rings. The van der Waals surface area contributed by atoms with E-state index < -0.39 is 5.97 Å². The van der Waals surface area contributed by atoms with E-state index in [2.05, 4.69) is 10.2 Å². The summed E-state index contributed by atoms with van der Waals surface area (Å²) in [5, 5.41) is 27.2. The van der Waals surface area contributed by atoms with Crippen LogP contribution in [0.5, 0.6) is 5.75 Å². The number of aliphatic carboxylic acids is 1. The maximum absolute atomic E-state index is 10.7. The monoisotopic (exact) mass is 327 g/mol. The first-order chi connectivity index (χ1) is 10.0. The van der Waals surface area contributed by atoms with Crippen molar-refractivity contribution in [3.05, 3.63) is 23.2 Å². The molecule has 0 aliphatic rings. The van der Waals surface area contributed by atoms with Gasteiger partial charge in [0, 0.05) is 12.1 Å². The van der Waals surface area contributed by atoms with Gasteiger partial charge in [-0.3, -0.25) is 4.79 Å². The highest BCUT2D eigenvalue weighted by Crippen LogP contribution is 2.30. The predicted octanol–water partition coefficient (Wildman–Crippen LogP) is 2.89. The van der Waals surface area contributed by atoms with Crippen molar-refractivity contribution >= 4 is 29.3 Å². The van der Waals surface area contributed by atoms with Gasteiger partial charge in [-0.1, -0.05) is 30.3 Å². The van der Waals surface area contributed by atoms with Gasteiger partial charge in [-0.2, -0.15) is 0 Å². The van der Waals surface area contributed by atoms with E-state index in [4.69, 9.17) is 16.7 Å². The summed E-state index contributed by atoms with van der Waals surface area (Å²) < 4.78 is 1.86. The molecule has 0 spiro atoms. The predicted molar refractivity (Wildman–Crippen MR) is 80.8 cm³/mol. The number of hydrogen-bond donors (Lipinski definition) is 2. The Morgan fingerprint density at radius 1 is 1.43 bits per heavy atom. The quantitative estimate of drug-likeness (QED) is 0.793. The van der Waals surface area contributed by atoms with Crippen LogP contribution in [0, 0.1) is 0 Å². The van der Waals surface area contributed by atoms with Gasteiger partial charge in [-0.05, 0) is 24.6 Å². The molecule has 0 aliphatic carbocycles. The Labute approximate surface area is 130 Å². The molecular weight excluding hydrogens is 314 g/mol. The third kappa shape index (κ3) is 3.68. The molecule has 0 amide bonds. The molecule has 0 saturated carbocycles. The van der Waals surface area contributed by atoms with Crippen molar-refractivity contribution in [2.75, 3.05) is 5.75 Å². The Morgan fingerprint density at radius 2 is 2.19 bits per heavy atom. The first-order valence-electron chi connectivity index (χ1n) is 6.29. The van der Waals surface area contributed by atoms with Gasteiger partial charge in [0.15, 0.2) is 11.0 Å².